The molecule has 104 valence electrons. The van der Waals surface area contributed by atoms with E-state index in [1.165, 1.54) is 6.42 Å². The second kappa shape index (κ2) is 4.84. The van der Waals surface area contributed by atoms with Crippen LogP contribution in [0.2, 0.25) is 0 Å². The van der Waals surface area contributed by atoms with Gasteiger partial charge in [-0.3, -0.25) is 4.79 Å². The number of rotatable bonds is 3. The summed E-state index contributed by atoms with van der Waals surface area (Å²) in [4.78, 5) is 14.9. The van der Waals surface area contributed by atoms with Gasteiger partial charge in [-0.05, 0) is 31.1 Å². The number of nitrogens with two attached hydrogens (primary N) is 1. The van der Waals surface area contributed by atoms with E-state index >= 15 is 0 Å². The monoisotopic (exact) mass is 252 g/mol. The summed E-state index contributed by atoms with van der Waals surface area (Å²) in [7, 11) is 0. The molecule has 1 saturated heterocycles. The molecule has 1 amide bonds. The standard InChI is InChI=1S/C15H28N2O/c1-4-7-15(8-5-9-15)13(18)17-10-6-12(16)14(2,3)11-17/h12H,4-11,16H2,1-3H3. The maximum absolute atomic E-state index is 12.8. The first-order valence-corrected chi connectivity index (χ1v) is 7.46. The average molecular weight is 252 g/mol. The highest BCUT2D eigenvalue weighted by Gasteiger charge is 2.47. The zero-order chi connectivity index (χ0) is 13.4. The largest absolute Gasteiger partial charge is 0.342 e. The Bertz CT molecular complexity index is 320. The first kappa shape index (κ1) is 13.9. The fourth-order valence-corrected chi connectivity index (χ4v) is 3.54. The van der Waals surface area contributed by atoms with E-state index in [0.717, 1.165) is 45.2 Å². The molecular weight excluding hydrogens is 224 g/mol. The second-order valence-electron chi connectivity index (χ2n) is 6.99. The number of nitrogens with zero attached hydrogens (tertiary/aromatic N) is 1. The van der Waals surface area contributed by atoms with Crippen LogP contribution in [-0.2, 0) is 4.79 Å². The smallest absolute Gasteiger partial charge is 0.228 e. The van der Waals surface area contributed by atoms with Crippen molar-refractivity contribution in [3.8, 4) is 0 Å². The molecule has 0 spiro atoms. The molecule has 0 aromatic heterocycles. The third kappa shape index (κ3) is 2.29. The molecule has 0 aromatic carbocycles. The molecule has 1 heterocycles. The van der Waals surface area contributed by atoms with Crippen molar-refractivity contribution in [3.63, 3.8) is 0 Å². The van der Waals surface area contributed by atoms with Gasteiger partial charge in [0.05, 0.1) is 0 Å². The molecular formula is C15H28N2O. The van der Waals surface area contributed by atoms with Gasteiger partial charge in [0.15, 0.2) is 0 Å². The predicted molar refractivity (Wildman–Crippen MR) is 74.1 cm³/mol. The SMILES string of the molecule is CCCC1(C(=O)N2CCC(N)C(C)(C)C2)CCC1. The minimum absolute atomic E-state index is 0.00767. The van der Waals surface area contributed by atoms with Crippen molar-refractivity contribution in [1.82, 2.24) is 4.90 Å². The van der Waals surface area contributed by atoms with E-state index < -0.39 is 0 Å². The quantitative estimate of drug-likeness (QED) is 0.839. The van der Waals surface area contributed by atoms with Gasteiger partial charge >= 0.3 is 0 Å². The lowest BCUT2D eigenvalue weighted by Crippen LogP contribution is -2.58. The van der Waals surface area contributed by atoms with Gasteiger partial charge in [0.25, 0.3) is 0 Å². The highest BCUT2D eigenvalue weighted by atomic mass is 16.2. The molecule has 1 unspecified atom stereocenters. The molecule has 0 radical (unpaired) electrons. The third-order valence-corrected chi connectivity index (χ3v) is 5.09. The van der Waals surface area contributed by atoms with Crippen LogP contribution in [0, 0.1) is 10.8 Å². The highest BCUT2D eigenvalue weighted by molar-refractivity contribution is 5.83. The normalized spacial score (nSPS) is 29.8. The molecule has 2 aliphatic rings. The van der Waals surface area contributed by atoms with Gasteiger partial charge in [0, 0.05) is 24.5 Å². The van der Waals surface area contributed by atoms with Crippen LogP contribution in [0.15, 0.2) is 0 Å². The Hall–Kier alpha value is -0.570. The Morgan fingerprint density at radius 2 is 2.06 bits per heavy atom. The van der Waals surface area contributed by atoms with Crippen molar-refractivity contribution in [3.05, 3.63) is 0 Å². The molecule has 2 N–H and O–H groups in total. The second-order valence-corrected chi connectivity index (χ2v) is 6.99. The Labute approximate surface area is 111 Å². The topological polar surface area (TPSA) is 46.3 Å². The van der Waals surface area contributed by atoms with Crippen LogP contribution in [0.1, 0.15) is 59.3 Å². The summed E-state index contributed by atoms with van der Waals surface area (Å²) in [5.74, 6) is 0.413. The summed E-state index contributed by atoms with van der Waals surface area (Å²) in [6, 6.07) is 0.227. The number of hydrogen-bond acceptors (Lipinski definition) is 2. The van der Waals surface area contributed by atoms with Gasteiger partial charge in [-0.2, -0.15) is 0 Å². The van der Waals surface area contributed by atoms with Gasteiger partial charge < -0.3 is 10.6 Å². The summed E-state index contributed by atoms with van der Waals surface area (Å²) in [5, 5.41) is 0. The van der Waals surface area contributed by atoms with Gasteiger partial charge in [-0.25, -0.2) is 0 Å². The van der Waals surface area contributed by atoms with E-state index in [-0.39, 0.29) is 16.9 Å². The fraction of sp³-hybridized carbons (Fsp3) is 0.933. The molecule has 0 aromatic rings. The lowest BCUT2D eigenvalue weighted by molar-refractivity contribution is -0.151. The Morgan fingerprint density at radius 3 is 2.50 bits per heavy atom. The summed E-state index contributed by atoms with van der Waals surface area (Å²) < 4.78 is 0. The lowest BCUT2D eigenvalue weighted by Gasteiger charge is -2.49. The molecule has 18 heavy (non-hydrogen) atoms. The number of carbonyl (C=O) groups is 1. The van der Waals surface area contributed by atoms with Crippen molar-refractivity contribution in [1.29, 1.82) is 0 Å². The fourth-order valence-electron chi connectivity index (χ4n) is 3.54. The summed E-state index contributed by atoms with van der Waals surface area (Å²) in [6.45, 7) is 8.24. The molecule has 1 aliphatic heterocycles. The number of piperidine rings is 1. The minimum Gasteiger partial charge on any atom is -0.342 e. The number of likely N-dealkylation sites (tertiary alicyclic amines) is 1. The van der Waals surface area contributed by atoms with E-state index in [9.17, 15) is 4.79 Å². The number of amides is 1. The van der Waals surface area contributed by atoms with Gasteiger partial charge in [-0.1, -0.05) is 33.6 Å². The third-order valence-electron chi connectivity index (χ3n) is 5.09. The van der Waals surface area contributed by atoms with Gasteiger partial charge in [-0.15, -0.1) is 0 Å². The average Bonchev–Trinajstić information content (AvgIpc) is 2.26. The molecule has 3 nitrogen and oxygen atoms in total. The molecule has 0 bridgehead atoms. The Morgan fingerprint density at radius 1 is 1.39 bits per heavy atom. The van der Waals surface area contributed by atoms with Crippen LogP contribution in [0.3, 0.4) is 0 Å². The molecule has 1 saturated carbocycles. The molecule has 2 rings (SSSR count). The summed E-state index contributed by atoms with van der Waals surface area (Å²) >= 11 is 0. The molecule has 1 aliphatic carbocycles. The Balaban J connectivity index is 2.05. The van der Waals surface area contributed by atoms with Crippen LogP contribution in [0.4, 0.5) is 0 Å². The first-order chi connectivity index (χ1) is 8.41. The maximum atomic E-state index is 12.8. The maximum Gasteiger partial charge on any atom is 0.228 e. The van der Waals surface area contributed by atoms with Crippen LogP contribution in [0.25, 0.3) is 0 Å². The predicted octanol–water partition coefficient (Wildman–Crippen LogP) is 2.54. The van der Waals surface area contributed by atoms with Crippen molar-refractivity contribution in [2.45, 2.75) is 65.3 Å². The van der Waals surface area contributed by atoms with Crippen LogP contribution >= 0.6 is 0 Å². The van der Waals surface area contributed by atoms with Crippen molar-refractivity contribution in [2.24, 2.45) is 16.6 Å². The highest BCUT2D eigenvalue weighted by Crippen LogP contribution is 2.47. The minimum atomic E-state index is -0.00767. The van der Waals surface area contributed by atoms with Gasteiger partial charge in [0.2, 0.25) is 5.91 Å². The number of carbonyl (C=O) groups excluding carboxylic acids is 1. The zero-order valence-corrected chi connectivity index (χ0v) is 12.2. The van der Waals surface area contributed by atoms with Crippen LogP contribution < -0.4 is 5.73 Å². The van der Waals surface area contributed by atoms with Gasteiger partial charge in [0.1, 0.15) is 0 Å². The van der Waals surface area contributed by atoms with Crippen molar-refractivity contribution >= 4 is 5.91 Å². The van der Waals surface area contributed by atoms with E-state index in [1.807, 2.05) is 0 Å². The summed E-state index contributed by atoms with van der Waals surface area (Å²) in [6.07, 6.45) is 6.55. The van der Waals surface area contributed by atoms with E-state index in [4.69, 9.17) is 5.73 Å². The van der Waals surface area contributed by atoms with Crippen LogP contribution in [-0.4, -0.2) is 29.9 Å². The Kier molecular flexibility index (Phi) is 3.72. The van der Waals surface area contributed by atoms with Crippen LogP contribution in [0.5, 0.6) is 0 Å². The molecule has 2 fully saturated rings. The van der Waals surface area contributed by atoms with E-state index in [0.29, 0.717) is 5.91 Å². The van der Waals surface area contributed by atoms with Crippen molar-refractivity contribution < 1.29 is 4.79 Å². The number of hydrogen-bond donors (Lipinski definition) is 1. The van der Waals surface area contributed by atoms with E-state index in [2.05, 4.69) is 25.7 Å². The van der Waals surface area contributed by atoms with E-state index in [1.54, 1.807) is 0 Å². The zero-order valence-electron chi connectivity index (χ0n) is 12.2. The first-order valence-electron chi connectivity index (χ1n) is 7.46. The van der Waals surface area contributed by atoms with Crippen molar-refractivity contribution in [2.75, 3.05) is 13.1 Å². The lowest BCUT2D eigenvalue weighted by atomic mass is 9.64. The summed E-state index contributed by atoms with van der Waals surface area (Å²) in [5.41, 5.74) is 6.20. The molecule has 1 atom stereocenters. The molecule has 3 heteroatoms.